The van der Waals surface area contributed by atoms with E-state index >= 15 is 0 Å². The first-order valence-corrected chi connectivity index (χ1v) is 8.81. The fraction of sp³-hybridized carbons (Fsp3) is 0.867. The molecule has 0 bridgehead atoms. The molecular weight excluding hydrogens is 286 g/mol. The molecule has 0 aromatic carbocycles. The summed E-state index contributed by atoms with van der Waals surface area (Å²) in [4.78, 5) is 1.32. The molecule has 3 rings (SSSR count). The summed E-state index contributed by atoms with van der Waals surface area (Å²) in [7, 11) is 0. The van der Waals surface area contributed by atoms with Crippen LogP contribution in [0.2, 0.25) is 0 Å². The number of rotatable bonds is 5. The average Bonchev–Trinajstić information content (AvgIpc) is 3.14. The summed E-state index contributed by atoms with van der Waals surface area (Å²) in [6, 6.07) is 0.353. The lowest BCUT2D eigenvalue weighted by Crippen LogP contribution is -2.44. The van der Waals surface area contributed by atoms with Crippen LogP contribution in [0.4, 0.5) is 0 Å². The monoisotopic (exact) mass is 311 g/mol. The molecule has 6 heteroatoms. The maximum atomic E-state index is 6.08. The summed E-state index contributed by atoms with van der Waals surface area (Å²) < 4.78 is 15.8. The van der Waals surface area contributed by atoms with Gasteiger partial charge in [-0.1, -0.05) is 18.3 Å². The van der Waals surface area contributed by atoms with Gasteiger partial charge < -0.3 is 14.8 Å². The Labute approximate surface area is 130 Å². The van der Waals surface area contributed by atoms with E-state index in [4.69, 9.17) is 9.47 Å². The lowest BCUT2D eigenvalue weighted by atomic mass is 9.80. The molecule has 0 radical (unpaired) electrons. The Kier molecular flexibility index (Phi) is 4.88. The minimum absolute atomic E-state index is 0.0406. The number of nitrogens with zero attached hydrogens (tertiary/aromatic N) is 2. The van der Waals surface area contributed by atoms with Gasteiger partial charge in [0, 0.05) is 25.7 Å². The standard InChI is InChI=1S/C15H25N3O2S/c1-3-12-14(21-18-17-12)13(16-4-2)11-5-7-20-15(9-11)6-8-19-10-15/h11,13,16H,3-10H2,1-2H3. The van der Waals surface area contributed by atoms with Crippen molar-refractivity contribution >= 4 is 11.5 Å². The Morgan fingerprint density at radius 3 is 3.05 bits per heavy atom. The zero-order chi connectivity index (χ0) is 14.7. The maximum absolute atomic E-state index is 6.08. The Morgan fingerprint density at radius 1 is 1.43 bits per heavy atom. The zero-order valence-corrected chi connectivity index (χ0v) is 13.7. The summed E-state index contributed by atoms with van der Waals surface area (Å²) >= 11 is 1.55. The molecule has 2 aliphatic rings. The second kappa shape index (κ2) is 6.69. The van der Waals surface area contributed by atoms with Gasteiger partial charge in [-0.15, -0.1) is 5.10 Å². The summed E-state index contributed by atoms with van der Waals surface area (Å²) in [5, 5.41) is 7.96. The highest BCUT2D eigenvalue weighted by Crippen LogP contribution is 2.42. The number of hydrogen-bond donors (Lipinski definition) is 1. The zero-order valence-electron chi connectivity index (χ0n) is 12.9. The van der Waals surface area contributed by atoms with Gasteiger partial charge in [-0.05, 0) is 43.3 Å². The molecule has 21 heavy (non-hydrogen) atoms. The highest BCUT2D eigenvalue weighted by molar-refractivity contribution is 7.05. The highest BCUT2D eigenvalue weighted by atomic mass is 32.1. The molecule has 118 valence electrons. The summed E-state index contributed by atoms with van der Waals surface area (Å²) in [5.74, 6) is 0.577. The summed E-state index contributed by atoms with van der Waals surface area (Å²) in [6.07, 6.45) is 4.15. The average molecular weight is 311 g/mol. The van der Waals surface area contributed by atoms with Crippen molar-refractivity contribution in [3.63, 3.8) is 0 Å². The van der Waals surface area contributed by atoms with Crippen LogP contribution in [-0.2, 0) is 15.9 Å². The van der Waals surface area contributed by atoms with Gasteiger partial charge in [0.1, 0.15) is 0 Å². The van der Waals surface area contributed by atoms with Crippen LogP contribution in [0, 0.1) is 5.92 Å². The maximum Gasteiger partial charge on any atom is 0.0940 e. The SMILES string of the molecule is CCNC(c1snnc1CC)C1CCOC2(CCOC2)C1. The number of ether oxygens (including phenoxy) is 2. The fourth-order valence-electron chi connectivity index (χ4n) is 3.60. The molecule has 0 saturated carbocycles. The summed E-state index contributed by atoms with van der Waals surface area (Å²) in [5.41, 5.74) is 1.11. The van der Waals surface area contributed by atoms with E-state index in [0.717, 1.165) is 57.7 Å². The topological polar surface area (TPSA) is 56.3 Å². The van der Waals surface area contributed by atoms with Crippen LogP contribution in [0.3, 0.4) is 0 Å². The second-order valence-corrected chi connectivity index (χ2v) is 6.85. The van der Waals surface area contributed by atoms with E-state index in [1.165, 1.54) is 4.88 Å². The predicted octanol–water partition coefficient (Wildman–Crippen LogP) is 2.34. The predicted molar refractivity (Wildman–Crippen MR) is 82.5 cm³/mol. The lowest BCUT2D eigenvalue weighted by molar-refractivity contribution is -0.103. The van der Waals surface area contributed by atoms with Gasteiger partial charge in [-0.25, -0.2) is 0 Å². The van der Waals surface area contributed by atoms with E-state index in [9.17, 15) is 0 Å². The minimum Gasteiger partial charge on any atom is -0.378 e. The molecule has 3 unspecified atom stereocenters. The van der Waals surface area contributed by atoms with Crippen molar-refractivity contribution in [1.29, 1.82) is 0 Å². The Morgan fingerprint density at radius 2 is 2.33 bits per heavy atom. The van der Waals surface area contributed by atoms with Gasteiger partial charge >= 0.3 is 0 Å². The van der Waals surface area contributed by atoms with Gasteiger partial charge in [-0.3, -0.25) is 0 Å². The smallest absolute Gasteiger partial charge is 0.0940 e. The fourth-order valence-corrected chi connectivity index (χ4v) is 4.51. The molecular formula is C15H25N3O2S. The number of hydrogen-bond acceptors (Lipinski definition) is 6. The van der Waals surface area contributed by atoms with Crippen molar-refractivity contribution in [1.82, 2.24) is 14.9 Å². The van der Waals surface area contributed by atoms with E-state index in [0.29, 0.717) is 12.0 Å². The first kappa shape index (κ1) is 15.3. The lowest BCUT2D eigenvalue weighted by Gasteiger charge is -2.40. The molecule has 0 amide bonds. The third kappa shape index (κ3) is 3.13. The van der Waals surface area contributed by atoms with Crippen LogP contribution in [0.1, 0.15) is 49.7 Å². The van der Waals surface area contributed by atoms with E-state index in [1.807, 2.05) is 0 Å². The number of nitrogens with one attached hydrogen (secondary N) is 1. The molecule has 3 atom stereocenters. The van der Waals surface area contributed by atoms with Gasteiger partial charge in [0.15, 0.2) is 0 Å². The normalized spacial score (nSPS) is 30.9. The van der Waals surface area contributed by atoms with Crippen molar-refractivity contribution < 1.29 is 9.47 Å². The molecule has 1 aromatic rings. The van der Waals surface area contributed by atoms with Gasteiger partial charge in [-0.2, -0.15) is 0 Å². The molecule has 2 saturated heterocycles. The van der Waals surface area contributed by atoms with Crippen molar-refractivity contribution in [3.8, 4) is 0 Å². The van der Waals surface area contributed by atoms with Gasteiger partial charge in [0.05, 0.1) is 22.8 Å². The molecule has 2 aliphatic heterocycles. The van der Waals surface area contributed by atoms with Crippen LogP contribution in [0.15, 0.2) is 0 Å². The number of aromatic nitrogens is 2. The molecule has 1 aromatic heterocycles. The molecule has 1 N–H and O–H groups in total. The molecule has 1 spiro atoms. The quantitative estimate of drug-likeness (QED) is 0.904. The van der Waals surface area contributed by atoms with Crippen LogP contribution in [-0.4, -0.2) is 41.6 Å². The first-order chi connectivity index (χ1) is 10.3. The highest BCUT2D eigenvalue weighted by Gasteiger charge is 2.43. The Balaban J connectivity index is 1.80. The molecule has 0 aliphatic carbocycles. The first-order valence-electron chi connectivity index (χ1n) is 8.04. The second-order valence-electron chi connectivity index (χ2n) is 6.06. The van der Waals surface area contributed by atoms with Crippen LogP contribution >= 0.6 is 11.5 Å². The van der Waals surface area contributed by atoms with Crippen molar-refractivity contribution in [2.45, 2.75) is 51.2 Å². The van der Waals surface area contributed by atoms with Crippen molar-refractivity contribution in [2.24, 2.45) is 5.92 Å². The third-order valence-electron chi connectivity index (χ3n) is 4.70. The van der Waals surface area contributed by atoms with E-state index < -0.39 is 0 Å². The number of aryl methyl sites for hydroxylation is 1. The summed E-state index contributed by atoms with van der Waals surface area (Å²) in [6.45, 7) is 7.71. The molecule has 2 fully saturated rings. The van der Waals surface area contributed by atoms with Crippen LogP contribution < -0.4 is 5.32 Å². The van der Waals surface area contributed by atoms with Crippen molar-refractivity contribution in [3.05, 3.63) is 10.6 Å². The Hall–Kier alpha value is -0.560. The van der Waals surface area contributed by atoms with Crippen LogP contribution in [0.25, 0.3) is 0 Å². The Bertz CT molecular complexity index is 460. The largest absolute Gasteiger partial charge is 0.378 e. The molecule has 3 heterocycles. The van der Waals surface area contributed by atoms with Crippen molar-refractivity contribution in [2.75, 3.05) is 26.4 Å². The van der Waals surface area contributed by atoms with E-state index in [1.54, 1.807) is 11.5 Å². The van der Waals surface area contributed by atoms with E-state index in [-0.39, 0.29) is 5.60 Å². The van der Waals surface area contributed by atoms with Gasteiger partial charge in [0.25, 0.3) is 0 Å². The van der Waals surface area contributed by atoms with Crippen LogP contribution in [0.5, 0.6) is 0 Å². The van der Waals surface area contributed by atoms with Gasteiger partial charge in [0.2, 0.25) is 0 Å². The van der Waals surface area contributed by atoms with E-state index in [2.05, 4.69) is 28.8 Å². The third-order valence-corrected chi connectivity index (χ3v) is 5.55. The molecule has 5 nitrogen and oxygen atoms in total. The minimum atomic E-state index is -0.0406.